The second kappa shape index (κ2) is 7.48. The van der Waals surface area contributed by atoms with Crippen molar-refractivity contribution in [3.8, 4) is 0 Å². The number of hydrogen-bond donors (Lipinski definition) is 4. The molecule has 14 heavy (non-hydrogen) atoms. The third-order valence-electron chi connectivity index (χ3n) is 1.70. The van der Waals surface area contributed by atoms with Gasteiger partial charge in [-0.15, -0.1) is 12.6 Å². The third-order valence-corrected chi connectivity index (χ3v) is 2.18. The Bertz CT molecular complexity index is 136. The van der Waals surface area contributed by atoms with Crippen LogP contribution in [0, 0.1) is 0 Å². The molecule has 0 aromatic rings. The van der Waals surface area contributed by atoms with Gasteiger partial charge in [0.05, 0.1) is 6.10 Å². The largest absolute Gasteiger partial charge is 0.349 e. The molecule has 0 saturated carbocycles. The first-order chi connectivity index (χ1) is 6.54. The van der Waals surface area contributed by atoms with Gasteiger partial charge >= 0.3 is 0 Å². The maximum Gasteiger partial charge on any atom is 0.164 e. The first-order valence-electron chi connectivity index (χ1n) is 5.09. The van der Waals surface area contributed by atoms with Crippen molar-refractivity contribution in [1.82, 2.24) is 5.32 Å². The van der Waals surface area contributed by atoms with E-state index >= 15 is 0 Å². The van der Waals surface area contributed by atoms with E-state index in [0.717, 1.165) is 12.8 Å². The minimum absolute atomic E-state index is 0.135. The lowest BCUT2D eigenvalue weighted by Gasteiger charge is -2.32. The Morgan fingerprint density at radius 3 is 2.43 bits per heavy atom. The first-order valence-corrected chi connectivity index (χ1v) is 5.54. The molecule has 0 amide bonds. The van der Waals surface area contributed by atoms with Crippen LogP contribution in [-0.2, 0) is 4.74 Å². The van der Waals surface area contributed by atoms with E-state index in [0.29, 0.717) is 19.6 Å². The van der Waals surface area contributed by atoms with E-state index in [9.17, 15) is 0 Å². The number of ether oxygens (including phenoxy) is 1. The molecule has 0 spiro atoms. The summed E-state index contributed by atoms with van der Waals surface area (Å²) in [7, 11) is 0. The van der Waals surface area contributed by atoms with Gasteiger partial charge < -0.3 is 16.2 Å². The van der Waals surface area contributed by atoms with Crippen LogP contribution in [0.2, 0.25) is 0 Å². The number of nitrogens with one attached hydrogen (secondary N) is 1. The molecule has 5 N–H and O–H groups in total. The highest BCUT2D eigenvalue weighted by molar-refractivity contribution is 7.81. The molecule has 0 aromatic carbocycles. The van der Waals surface area contributed by atoms with Crippen molar-refractivity contribution in [3.05, 3.63) is 0 Å². The van der Waals surface area contributed by atoms with Crippen LogP contribution in [0.25, 0.3) is 0 Å². The summed E-state index contributed by atoms with van der Waals surface area (Å²) >= 11 is 4.48. The normalized spacial score (nSPS) is 15.9. The Kier molecular flexibility index (Phi) is 7.58. The molecule has 0 fully saturated rings. The van der Waals surface area contributed by atoms with E-state index in [-0.39, 0.29) is 6.10 Å². The quantitative estimate of drug-likeness (QED) is 0.351. The Morgan fingerprint density at radius 1 is 1.36 bits per heavy atom. The van der Waals surface area contributed by atoms with Gasteiger partial charge in [0.25, 0.3) is 0 Å². The zero-order valence-corrected chi connectivity index (χ0v) is 10.0. The summed E-state index contributed by atoms with van der Waals surface area (Å²) in [5, 5.41) is 2.58. The molecule has 0 aliphatic carbocycles. The summed E-state index contributed by atoms with van der Waals surface area (Å²) in [6.07, 6.45) is 1.80. The van der Waals surface area contributed by atoms with Crippen molar-refractivity contribution in [2.75, 3.05) is 19.6 Å². The van der Waals surface area contributed by atoms with Crippen molar-refractivity contribution in [2.24, 2.45) is 11.5 Å². The van der Waals surface area contributed by atoms with Crippen LogP contribution in [0.3, 0.4) is 0 Å². The molecule has 0 aromatic heterocycles. The molecule has 5 heteroatoms. The van der Waals surface area contributed by atoms with Crippen molar-refractivity contribution >= 4 is 12.6 Å². The van der Waals surface area contributed by atoms with Crippen LogP contribution in [0.1, 0.15) is 26.7 Å². The molecule has 0 aliphatic heterocycles. The van der Waals surface area contributed by atoms with Gasteiger partial charge in [-0.05, 0) is 26.8 Å². The Balaban J connectivity index is 4.03. The summed E-state index contributed by atoms with van der Waals surface area (Å²) in [5.41, 5.74) is 10.9. The monoisotopic (exact) mass is 221 g/mol. The fourth-order valence-corrected chi connectivity index (χ4v) is 1.67. The van der Waals surface area contributed by atoms with Crippen LogP contribution >= 0.6 is 12.6 Å². The summed E-state index contributed by atoms with van der Waals surface area (Å²) in [6, 6.07) is 0. The van der Waals surface area contributed by atoms with Gasteiger partial charge in [-0.2, -0.15) is 0 Å². The highest BCUT2D eigenvalue weighted by Crippen LogP contribution is 2.21. The van der Waals surface area contributed by atoms with Crippen LogP contribution in [0.5, 0.6) is 0 Å². The molecule has 0 saturated heterocycles. The minimum atomic E-state index is -0.590. The predicted molar refractivity (Wildman–Crippen MR) is 63.3 cm³/mol. The number of hydrogen-bond acceptors (Lipinski definition) is 5. The molecule has 1 unspecified atom stereocenters. The van der Waals surface area contributed by atoms with Crippen molar-refractivity contribution in [3.63, 3.8) is 0 Å². The van der Waals surface area contributed by atoms with Crippen molar-refractivity contribution < 1.29 is 4.74 Å². The number of nitrogens with two attached hydrogens (primary N) is 2. The van der Waals surface area contributed by atoms with E-state index in [1.807, 2.05) is 13.8 Å². The molecule has 0 rings (SSSR count). The molecule has 1 atom stereocenters. The Morgan fingerprint density at radius 2 is 2.00 bits per heavy atom. The lowest BCUT2D eigenvalue weighted by atomic mass is 10.2. The molecule has 86 valence electrons. The fraction of sp³-hybridized carbons (Fsp3) is 1.00. The second-order valence-corrected chi connectivity index (χ2v) is 4.28. The van der Waals surface area contributed by atoms with E-state index < -0.39 is 5.06 Å². The molecular weight excluding hydrogens is 198 g/mol. The molecule has 0 aliphatic rings. The highest BCUT2D eigenvalue weighted by Gasteiger charge is 2.25. The average Bonchev–Trinajstić information content (AvgIpc) is 2.11. The van der Waals surface area contributed by atoms with Gasteiger partial charge in [0.1, 0.15) is 0 Å². The topological polar surface area (TPSA) is 73.3 Å². The van der Waals surface area contributed by atoms with Crippen LogP contribution in [0.4, 0.5) is 0 Å². The van der Waals surface area contributed by atoms with E-state index in [1.165, 1.54) is 0 Å². The van der Waals surface area contributed by atoms with E-state index in [1.54, 1.807) is 0 Å². The molecular formula is C9H23N3OS. The van der Waals surface area contributed by atoms with Crippen LogP contribution in [-0.4, -0.2) is 30.8 Å². The SMILES string of the molecule is CC(C)OC(S)(CCCN)NCCN. The smallest absolute Gasteiger partial charge is 0.164 e. The second-order valence-electron chi connectivity index (χ2n) is 3.56. The van der Waals surface area contributed by atoms with Crippen LogP contribution in [0.15, 0.2) is 0 Å². The molecule has 0 bridgehead atoms. The maximum absolute atomic E-state index is 5.68. The lowest BCUT2D eigenvalue weighted by molar-refractivity contribution is -0.0410. The summed E-state index contributed by atoms with van der Waals surface area (Å²) in [5.74, 6) is 0. The van der Waals surface area contributed by atoms with Gasteiger partial charge in [-0.3, -0.25) is 5.32 Å². The third kappa shape index (κ3) is 6.62. The summed E-state index contributed by atoms with van der Waals surface area (Å²) in [4.78, 5) is 0. The maximum atomic E-state index is 5.68. The number of thiol groups is 1. The zero-order valence-electron chi connectivity index (χ0n) is 9.12. The van der Waals surface area contributed by atoms with E-state index in [2.05, 4.69) is 17.9 Å². The molecule has 0 radical (unpaired) electrons. The van der Waals surface area contributed by atoms with Crippen molar-refractivity contribution in [2.45, 2.75) is 37.9 Å². The zero-order chi connectivity index (χ0) is 11.0. The standard InChI is InChI=1S/C9H23N3OS/c1-8(2)13-9(14,4-3-5-10)12-7-6-11/h8,12,14H,3-7,10-11H2,1-2H3. The first kappa shape index (κ1) is 14.2. The van der Waals surface area contributed by atoms with Gasteiger partial charge in [0.2, 0.25) is 0 Å². The highest BCUT2D eigenvalue weighted by atomic mass is 32.1. The van der Waals surface area contributed by atoms with Gasteiger partial charge in [-0.25, -0.2) is 0 Å². The van der Waals surface area contributed by atoms with Crippen LogP contribution < -0.4 is 16.8 Å². The van der Waals surface area contributed by atoms with Crippen molar-refractivity contribution in [1.29, 1.82) is 0 Å². The molecule has 4 nitrogen and oxygen atoms in total. The van der Waals surface area contributed by atoms with Gasteiger partial charge in [0, 0.05) is 19.5 Å². The van der Waals surface area contributed by atoms with Gasteiger partial charge in [-0.1, -0.05) is 0 Å². The lowest BCUT2D eigenvalue weighted by Crippen LogP contribution is -2.46. The fourth-order valence-electron chi connectivity index (χ4n) is 1.19. The minimum Gasteiger partial charge on any atom is -0.349 e. The molecule has 0 heterocycles. The Labute approximate surface area is 92.2 Å². The average molecular weight is 221 g/mol. The number of rotatable bonds is 8. The predicted octanol–water partition coefficient (Wildman–Crippen LogP) is 0.282. The summed E-state index contributed by atoms with van der Waals surface area (Å²) in [6.45, 7) is 5.89. The van der Waals surface area contributed by atoms with E-state index in [4.69, 9.17) is 16.2 Å². The summed E-state index contributed by atoms with van der Waals surface area (Å²) < 4.78 is 5.68. The van der Waals surface area contributed by atoms with Gasteiger partial charge in [0.15, 0.2) is 5.06 Å². The Hall–Kier alpha value is 0.190.